The second kappa shape index (κ2) is 9.48. The van der Waals surface area contributed by atoms with Gasteiger partial charge in [0, 0.05) is 31.4 Å². The Balaban J connectivity index is 1.33. The first-order chi connectivity index (χ1) is 16.0. The summed E-state index contributed by atoms with van der Waals surface area (Å²) in [5.74, 6) is -1.45. The molecule has 1 unspecified atom stereocenters. The van der Waals surface area contributed by atoms with Crippen molar-refractivity contribution >= 4 is 35.1 Å². The number of fused-ring (bicyclic) bond motifs is 1. The van der Waals surface area contributed by atoms with Crippen molar-refractivity contribution < 1.29 is 19.2 Å². The van der Waals surface area contributed by atoms with Crippen molar-refractivity contribution in [3.63, 3.8) is 0 Å². The van der Waals surface area contributed by atoms with Gasteiger partial charge in [-0.15, -0.1) is 0 Å². The van der Waals surface area contributed by atoms with Crippen molar-refractivity contribution in [1.29, 1.82) is 5.26 Å². The first-order valence-corrected chi connectivity index (χ1v) is 10.7. The van der Waals surface area contributed by atoms with Crippen LogP contribution in [0.1, 0.15) is 52.0 Å². The number of benzene rings is 1. The van der Waals surface area contributed by atoms with Gasteiger partial charge in [0.05, 0.1) is 22.8 Å². The molecule has 0 bridgehead atoms. The summed E-state index contributed by atoms with van der Waals surface area (Å²) in [6.45, 7) is 1.24. The van der Waals surface area contributed by atoms with E-state index in [2.05, 4.69) is 27.0 Å². The Morgan fingerprint density at radius 1 is 1.09 bits per heavy atom. The number of nitriles is 1. The van der Waals surface area contributed by atoms with Gasteiger partial charge in [0.25, 0.3) is 11.8 Å². The van der Waals surface area contributed by atoms with Crippen LogP contribution in [-0.4, -0.2) is 52.6 Å². The first kappa shape index (κ1) is 22.0. The molecule has 10 heteroatoms. The van der Waals surface area contributed by atoms with E-state index in [0.29, 0.717) is 30.2 Å². The van der Waals surface area contributed by atoms with Crippen LogP contribution in [0.15, 0.2) is 36.5 Å². The largest absolute Gasteiger partial charge is 0.384 e. The van der Waals surface area contributed by atoms with Crippen LogP contribution in [0, 0.1) is 11.3 Å². The van der Waals surface area contributed by atoms with E-state index in [4.69, 9.17) is 5.26 Å². The van der Waals surface area contributed by atoms with Gasteiger partial charge in [-0.3, -0.25) is 29.4 Å². The quantitative estimate of drug-likeness (QED) is 0.410. The molecule has 10 nitrogen and oxygen atoms in total. The Labute approximate surface area is 190 Å². The normalized spacial score (nSPS) is 17.4. The zero-order valence-electron chi connectivity index (χ0n) is 17.8. The minimum absolute atomic E-state index is 0.0826. The average molecular weight is 446 g/mol. The smallest absolute Gasteiger partial charge is 0.264 e. The molecule has 2 aliphatic heterocycles. The Hall–Kier alpha value is -4.26. The summed E-state index contributed by atoms with van der Waals surface area (Å²) in [5, 5.41) is 17.5. The third-order valence-electron chi connectivity index (χ3n) is 5.58. The fourth-order valence-electron chi connectivity index (χ4n) is 3.95. The highest BCUT2D eigenvalue weighted by Crippen LogP contribution is 2.32. The molecule has 168 valence electrons. The van der Waals surface area contributed by atoms with Crippen LogP contribution in [0.2, 0.25) is 0 Å². The summed E-state index contributed by atoms with van der Waals surface area (Å²) in [6.07, 6.45) is 3.38. The molecule has 4 amide bonds. The monoisotopic (exact) mass is 446 g/mol. The second-order valence-corrected chi connectivity index (χ2v) is 7.78. The zero-order valence-corrected chi connectivity index (χ0v) is 17.8. The van der Waals surface area contributed by atoms with E-state index in [0.717, 1.165) is 17.7 Å². The SMILES string of the molecule is N#Cc1ccnc(NCCCCNc2cccc3c2C(=O)N(C2CCC(=O)NC2=O)C3=O)c1. The number of amides is 4. The summed E-state index contributed by atoms with van der Waals surface area (Å²) in [5.41, 5.74) is 1.58. The minimum Gasteiger partial charge on any atom is -0.384 e. The van der Waals surface area contributed by atoms with Gasteiger partial charge < -0.3 is 10.6 Å². The predicted octanol–water partition coefficient (Wildman–Crippen LogP) is 1.66. The van der Waals surface area contributed by atoms with Crippen molar-refractivity contribution in [2.75, 3.05) is 23.7 Å². The molecule has 2 aliphatic rings. The lowest BCUT2D eigenvalue weighted by Gasteiger charge is -2.27. The van der Waals surface area contributed by atoms with Gasteiger partial charge in [-0.2, -0.15) is 5.26 Å². The Morgan fingerprint density at radius 3 is 2.64 bits per heavy atom. The van der Waals surface area contributed by atoms with Crippen LogP contribution in [-0.2, 0) is 9.59 Å². The molecular formula is C23H22N6O4. The van der Waals surface area contributed by atoms with E-state index < -0.39 is 29.7 Å². The minimum atomic E-state index is -0.984. The van der Waals surface area contributed by atoms with Gasteiger partial charge in [0.2, 0.25) is 11.8 Å². The fraction of sp³-hybridized carbons (Fsp3) is 0.304. The van der Waals surface area contributed by atoms with Gasteiger partial charge >= 0.3 is 0 Å². The van der Waals surface area contributed by atoms with Crippen LogP contribution in [0.5, 0.6) is 0 Å². The van der Waals surface area contributed by atoms with E-state index in [1.807, 2.05) is 0 Å². The van der Waals surface area contributed by atoms with Crippen LogP contribution >= 0.6 is 0 Å². The van der Waals surface area contributed by atoms with Crippen LogP contribution in [0.25, 0.3) is 0 Å². The fourth-order valence-corrected chi connectivity index (χ4v) is 3.95. The highest BCUT2D eigenvalue weighted by molar-refractivity contribution is 6.25. The van der Waals surface area contributed by atoms with E-state index in [-0.39, 0.29) is 24.0 Å². The van der Waals surface area contributed by atoms with Gasteiger partial charge in [-0.05, 0) is 43.5 Å². The highest BCUT2D eigenvalue weighted by Gasteiger charge is 2.45. The predicted molar refractivity (Wildman–Crippen MR) is 118 cm³/mol. The van der Waals surface area contributed by atoms with Gasteiger partial charge in [-0.1, -0.05) is 6.07 Å². The maximum absolute atomic E-state index is 13.1. The van der Waals surface area contributed by atoms with Crippen molar-refractivity contribution in [1.82, 2.24) is 15.2 Å². The lowest BCUT2D eigenvalue weighted by Crippen LogP contribution is -2.54. The zero-order chi connectivity index (χ0) is 23.4. The Bertz CT molecular complexity index is 1170. The molecule has 1 fully saturated rings. The number of unbranched alkanes of at least 4 members (excludes halogenated alkanes) is 1. The number of hydrogen-bond donors (Lipinski definition) is 3. The number of rotatable bonds is 8. The molecule has 0 spiro atoms. The second-order valence-electron chi connectivity index (χ2n) is 7.78. The molecule has 33 heavy (non-hydrogen) atoms. The summed E-state index contributed by atoms with van der Waals surface area (Å²) in [7, 11) is 0. The number of piperidine rings is 1. The molecule has 1 aromatic heterocycles. The number of hydrogen-bond acceptors (Lipinski definition) is 8. The van der Waals surface area contributed by atoms with Crippen molar-refractivity contribution in [2.45, 2.75) is 31.7 Å². The topological polar surface area (TPSA) is 144 Å². The summed E-state index contributed by atoms with van der Waals surface area (Å²) < 4.78 is 0. The van der Waals surface area contributed by atoms with Gasteiger partial charge in [-0.25, -0.2) is 4.98 Å². The molecule has 3 heterocycles. The lowest BCUT2D eigenvalue weighted by molar-refractivity contribution is -0.136. The van der Waals surface area contributed by atoms with Gasteiger partial charge in [0.15, 0.2) is 0 Å². The summed E-state index contributed by atoms with van der Waals surface area (Å²) in [6, 6.07) is 9.40. The van der Waals surface area contributed by atoms with E-state index >= 15 is 0 Å². The van der Waals surface area contributed by atoms with Crippen molar-refractivity contribution in [3.05, 3.63) is 53.2 Å². The third-order valence-corrected chi connectivity index (χ3v) is 5.58. The van der Waals surface area contributed by atoms with E-state index in [1.165, 1.54) is 0 Å². The Kier molecular flexibility index (Phi) is 6.31. The van der Waals surface area contributed by atoms with Crippen LogP contribution in [0.3, 0.4) is 0 Å². The van der Waals surface area contributed by atoms with E-state index in [9.17, 15) is 19.2 Å². The summed E-state index contributed by atoms with van der Waals surface area (Å²) >= 11 is 0. The standard InChI is InChI=1S/C23H22N6O4/c24-13-14-8-11-27-18(12-14)26-10-2-1-9-25-16-5-3-4-15-20(16)23(33)29(22(15)32)17-6-7-19(30)28-21(17)31/h3-5,8,11-12,17,25H,1-2,6-7,9-10H2,(H,26,27)(H,28,30,31). The molecule has 2 aromatic rings. The number of carbonyl (C=O) groups is 4. The molecule has 3 N–H and O–H groups in total. The molecule has 0 radical (unpaired) electrons. The number of imide groups is 2. The van der Waals surface area contributed by atoms with Gasteiger partial charge in [0.1, 0.15) is 11.9 Å². The maximum Gasteiger partial charge on any atom is 0.264 e. The highest BCUT2D eigenvalue weighted by atomic mass is 16.2. The summed E-state index contributed by atoms with van der Waals surface area (Å²) in [4.78, 5) is 54.7. The molecule has 1 saturated heterocycles. The first-order valence-electron chi connectivity index (χ1n) is 10.7. The molecule has 0 saturated carbocycles. The average Bonchev–Trinajstić information content (AvgIpc) is 3.07. The molecular weight excluding hydrogens is 424 g/mol. The maximum atomic E-state index is 13.1. The number of anilines is 2. The molecule has 1 aromatic carbocycles. The molecule has 4 rings (SSSR count). The third kappa shape index (κ3) is 4.52. The number of aromatic nitrogens is 1. The Morgan fingerprint density at radius 2 is 1.88 bits per heavy atom. The number of nitrogens with one attached hydrogen (secondary N) is 3. The van der Waals surface area contributed by atoms with Crippen molar-refractivity contribution in [2.24, 2.45) is 0 Å². The van der Waals surface area contributed by atoms with Crippen LogP contribution in [0.4, 0.5) is 11.5 Å². The van der Waals surface area contributed by atoms with Crippen molar-refractivity contribution in [3.8, 4) is 6.07 Å². The lowest BCUT2D eigenvalue weighted by atomic mass is 10.0. The van der Waals surface area contributed by atoms with E-state index in [1.54, 1.807) is 36.5 Å². The number of nitrogens with zero attached hydrogens (tertiary/aromatic N) is 3. The van der Waals surface area contributed by atoms with Crippen LogP contribution < -0.4 is 16.0 Å². The molecule has 1 atom stereocenters. The number of pyridine rings is 1. The molecule has 0 aliphatic carbocycles. The number of carbonyl (C=O) groups excluding carboxylic acids is 4.